The lowest BCUT2D eigenvalue weighted by atomic mass is 10.0. The van der Waals surface area contributed by atoms with Gasteiger partial charge in [0.05, 0.1) is 25.9 Å². The van der Waals surface area contributed by atoms with Gasteiger partial charge in [0.25, 0.3) is 0 Å². The standard InChI is InChI=1S/C19H16O6/c1-23-17-13-8-9-25-18(13)19(24-2)15(16(17)22)14(21)7-6-11-4-3-5-12(20)10-11/h3-10,20,22H,1-2H3/b7-6+. The van der Waals surface area contributed by atoms with Crippen LogP contribution >= 0.6 is 0 Å². The van der Waals surface area contributed by atoms with Crippen LogP contribution in [0.2, 0.25) is 0 Å². The fraction of sp³-hybridized carbons (Fsp3) is 0.105. The van der Waals surface area contributed by atoms with Gasteiger partial charge < -0.3 is 24.1 Å². The first-order valence-electron chi connectivity index (χ1n) is 7.42. The van der Waals surface area contributed by atoms with Crippen LogP contribution < -0.4 is 9.47 Å². The third kappa shape index (κ3) is 2.89. The molecule has 0 aliphatic carbocycles. The summed E-state index contributed by atoms with van der Waals surface area (Å²) in [7, 11) is 2.78. The van der Waals surface area contributed by atoms with E-state index < -0.39 is 5.78 Å². The number of fused-ring (bicyclic) bond motifs is 1. The van der Waals surface area contributed by atoms with E-state index in [2.05, 4.69) is 0 Å². The number of benzene rings is 2. The quantitative estimate of drug-likeness (QED) is 0.543. The van der Waals surface area contributed by atoms with Crippen LogP contribution in [-0.4, -0.2) is 30.2 Å². The second-order valence-corrected chi connectivity index (χ2v) is 5.25. The Balaban J connectivity index is 2.10. The molecule has 25 heavy (non-hydrogen) atoms. The molecule has 0 aliphatic heterocycles. The summed E-state index contributed by atoms with van der Waals surface area (Å²) in [5.74, 6) is -0.454. The molecular weight excluding hydrogens is 324 g/mol. The average molecular weight is 340 g/mol. The molecular formula is C19H16O6. The highest BCUT2D eigenvalue weighted by atomic mass is 16.5. The maximum absolute atomic E-state index is 12.7. The zero-order valence-corrected chi connectivity index (χ0v) is 13.6. The lowest BCUT2D eigenvalue weighted by Crippen LogP contribution is -2.02. The molecule has 6 nitrogen and oxygen atoms in total. The van der Waals surface area contributed by atoms with Gasteiger partial charge in [0.1, 0.15) is 11.3 Å². The summed E-state index contributed by atoms with van der Waals surface area (Å²) in [4.78, 5) is 12.7. The zero-order valence-electron chi connectivity index (χ0n) is 13.6. The number of hydrogen-bond donors (Lipinski definition) is 2. The second-order valence-electron chi connectivity index (χ2n) is 5.25. The number of allylic oxidation sites excluding steroid dienone is 1. The van der Waals surface area contributed by atoms with Gasteiger partial charge in [-0.15, -0.1) is 0 Å². The highest BCUT2D eigenvalue weighted by molar-refractivity contribution is 6.14. The minimum absolute atomic E-state index is 0.0572. The molecule has 128 valence electrons. The van der Waals surface area contributed by atoms with Crippen molar-refractivity contribution in [3.05, 3.63) is 53.8 Å². The van der Waals surface area contributed by atoms with E-state index in [0.717, 1.165) is 0 Å². The summed E-state index contributed by atoms with van der Waals surface area (Å²) in [5.41, 5.74) is 0.891. The zero-order chi connectivity index (χ0) is 18.0. The first kappa shape index (κ1) is 16.4. The van der Waals surface area contributed by atoms with Crippen molar-refractivity contribution in [2.75, 3.05) is 14.2 Å². The van der Waals surface area contributed by atoms with E-state index in [1.165, 1.54) is 44.8 Å². The number of methoxy groups -OCH3 is 2. The van der Waals surface area contributed by atoms with Crippen molar-refractivity contribution >= 4 is 22.8 Å². The van der Waals surface area contributed by atoms with Gasteiger partial charge in [0.15, 0.2) is 28.6 Å². The Morgan fingerprint density at radius 2 is 1.88 bits per heavy atom. The number of hydrogen-bond acceptors (Lipinski definition) is 6. The number of carbonyl (C=O) groups excluding carboxylic acids is 1. The fourth-order valence-corrected chi connectivity index (χ4v) is 2.64. The van der Waals surface area contributed by atoms with Crippen LogP contribution in [0.3, 0.4) is 0 Å². The number of phenols is 2. The van der Waals surface area contributed by atoms with Crippen molar-refractivity contribution in [2.24, 2.45) is 0 Å². The van der Waals surface area contributed by atoms with Crippen molar-refractivity contribution in [1.82, 2.24) is 0 Å². The Kier molecular flexibility index (Phi) is 4.35. The summed E-state index contributed by atoms with van der Waals surface area (Å²) in [5, 5.41) is 20.5. The van der Waals surface area contributed by atoms with Crippen LogP contribution in [0.25, 0.3) is 17.0 Å². The number of aromatic hydroxyl groups is 2. The van der Waals surface area contributed by atoms with Crippen LogP contribution in [0.15, 0.2) is 47.1 Å². The molecule has 0 bridgehead atoms. The molecule has 6 heteroatoms. The molecule has 0 unspecified atom stereocenters. The molecule has 0 atom stereocenters. The molecule has 0 amide bonds. The molecule has 1 aromatic heterocycles. The predicted octanol–water partition coefficient (Wildman–Crippen LogP) is 3.76. The van der Waals surface area contributed by atoms with E-state index in [9.17, 15) is 15.0 Å². The smallest absolute Gasteiger partial charge is 0.193 e. The van der Waals surface area contributed by atoms with Crippen LogP contribution in [-0.2, 0) is 0 Å². The lowest BCUT2D eigenvalue weighted by molar-refractivity contribution is 0.104. The minimum atomic E-state index is -0.491. The third-order valence-corrected chi connectivity index (χ3v) is 3.75. The van der Waals surface area contributed by atoms with Gasteiger partial charge >= 0.3 is 0 Å². The molecule has 0 fully saturated rings. The Morgan fingerprint density at radius 3 is 2.56 bits per heavy atom. The third-order valence-electron chi connectivity index (χ3n) is 3.75. The summed E-state index contributed by atoms with van der Waals surface area (Å²) in [6, 6.07) is 8.06. The first-order chi connectivity index (χ1) is 12.1. The van der Waals surface area contributed by atoms with Crippen LogP contribution in [0.4, 0.5) is 0 Å². The summed E-state index contributed by atoms with van der Waals surface area (Å²) in [6.07, 6.45) is 4.23. The summed E-state index contributed by atoms with van der Waals surface area (Å²) in [6.45, 7) is 0. The van der Waals surface area contributed by atoms with E-state index in [1.807, 2.05) is 0 Å². The molecule has 3 aromatic rings. The summed E-state index contributed by atoms with van der Waals surface area (Å²) < 4.78 is 15.9. The molecule has 0 saturated carbocycles. The normalized spacial score (nSPS) is 11.1. The molecule has 1 heterocycles. The molecule has 0 aliphatic rings. The van der Waals surface area contributed by atoms with Gasteiger partial charge in [0, 0.05) is 0 Å². The van der Waals surface area contributed by atoms with Crippen LogP contribution in [0.1, 0.15) is 15.9 Å². The first-order valence-corrected chi connectivity index (χ1v) is 7.42. The highest BCUT2D eigenvalue weighted by Gasteiger charge is 2.26. The van der Waals surface area contributed by atoms with Gasteiger partial charge in [-0.05, 0) is 29.8 Å². The Bertz CT molecular complexity index is 967. The van der Waals surface area contributed by atoms with Gasteiger partial charge in [-0.1, -0.05) is 18.2 Å². The fourth-order valence-electron chi connectivity index (χ4n) is 2.64. The number of ketones is 1. The van der Waals surface area contributed by atoms with Crippen molar-refractivity contribution in [3.63, 3.8) is 0 Å². The highest BCUT2D eigenvalue weighted by Crippen LogP contribution is 2.45. The molecule has 0 saturated heterocycles. The topological polar surface area (TPSA) is 89.1 Å². The van der Waals surface area contributed by atoms with Gasteiger partial charge in [0.2, 0.25) is 0 Å². The second kappa shape index (κ2) is 6.60. The van der Waals surface area contributed by atoms with E-state index in [-0.39, 0.29) is 28.6 Å². The largest absolute Gasteiger partial charge is 0.508 e. The molecule has 0 radical (unpaired) electrons. The van der Waals surface area contributed by atoms with Crippen LogP contribution in [0.5, 0.6) is 23.0 Å². The molecule has 3 rings (SSSR count). The van der Waals surface area contributed by atoms with E-state index >= 15 is 0 Å². The monoisotopic (exact) mass is 340 g/mol. The molecule has 2 N–H and O–H groups in total. The van der Waals surface area contributed by atoms with Crippen molar-refractivity contribution in [2.45, 2.75) is 0 Å². The molecule has 2 aromatic carbocycles. The Morgan fingerprint density at radius 1 is 1.12 bits per heavy atom. The predicted molar refractivity (Wildman–Crippen MR) is 92.5 cm³/mol. The number of carbonyl (C=O) groups is 1. The maximum Gasteiger partial charge on any atom is 0.193 e. The van der Waals surface area contributed by atoms with Gasteiger partial charge in [-0.3, -0.25) is 4.79 Å². The van der Waals surface area contributed by atoms with Crippen molar-refractivity contribution in [1.29, 1.82) is 0 Å². The van der Waals surface area contributed by atoms with Gasteiger partial charge in [-0.2, -0.15) is 0 Å². The Labute approximate surface area is 143 Å². The van der Waals surface area contributed by atoms with E-state index in [0.29, 0.717) is 16.5 Å². The van der Waals surface area contributed by atoms with Gasteiger partial charge in [-0.25, -0.2) is 0 Å². The summed E-state index contributed by atoms with van der Waals surface area (Å²) >= 11 is 0. The Hall–Kier alpha value is -3.41. The lowest BCUT2D eigenvalue weighted by Gasteiger charge is -2.12. The molecule has 0 spiro atoms. The number of ether oxygens (including phenoxy) is 2. The van der Waals surface area contributed by atoms with Crippen LogP contribution in [0, 0.1) is 0 Å². The number of phenolic OH excluding ortho intramolecular Hbond substituents is 2. The number of rotatable bonds is 5. The van der Waals surface area contributed by atoms with Crippen molar-refractivity contribution < 1.29 is 28.9 Å². The SMILES string of the molecule is COc1c(O)c(C(=O)/C=C/c2cccc(O)c2)c(OC)c2occc12. The van der Waals surface area contributed by atoms with E-state index in [4.69, 9.17) is 13.9 Å². The van der Waals surface area contributed by atoms with E-state index in [1.54, 1.807) is 18.2 Å². The minimum Gasteiger partial charge on any atom is -0.508 e. The average Bonchev–Trinajstić information content (AvgIpc) is 3.08. The van der Waals surface area contributed by atoms with Crippen molar-refractivity contribution in [3.8, 4) is 23.0 Å². The number of furan rings is 1. The maximum atomic E-state index is 12.7.